The van der Waals surface area contributed by atoms with Crippen molar-refractivity contribution in [1.82, 2.24) is 9.80 Å². The van der Waals surface area contributed by atoms with Crippen LogP contribution in [-0.2, 0) is 16.6 Å². The van der Waals surface area contributed by atoms with E-state index in [9.17, 15) is 15.3 Å². The molecule has 6 atom stereocenters. The molecule has 2 saturated carbocycles. The summed E-state index contributed by atoms with van der Waals surface area (Å²) in [5.41, 5.74) is 1.60. The van der Waals surface area contributed by atoms with E-state index < -0.39 is 30.8 Å². The lowest BCUT2D eigenvalue weighted by Crippen LogP contribution is -2.79. The zero-order chi connectivity index (χ0) is 37.7. The van der Waals surface area contributed by atoms with Crippen LogP contribution in [0.2, 0.25) is 25.7 Å². The van der Waals surface area contributed by atoms with Crippen LogP contribution in [0.15, 0.2) is 66.7 Å². The Bertz CT molecular complexity index is 1760. The number of aliphatic hydroxyl groups is 2. The first-order valence-corrected chi connectivity index (χ1v) is 24.4. The largest absolute Gasteiger partial charge is 0.504 e. The van der Waals surface area contributed by atoms with Crippen LogP contribution < -0.4 is 9.47 Å². The second kappa shape index (κ2) is 14.9. The van der Waals surface area contributed by atoms with Gasteiger partial charge in [-0.1, -0.05) is 73.7 Å². The van der Waals surface area contributed by atoms with Gasteiger partial charge in [0.1, 0.15) is 23.6 Å². The summed E-state index contributed by atoms with van der Waals surface area (Å²) >= 11 is 0. The Kier molecular flexibility index (Phi) is 10.5. The maximum atomic E-state index is 12.9. The topological polar surface area (TPSA) is 94.9 Å². The minimum atomic E-state index is -1.24. The van der Waals surface area contributed by atoms with Crippen LogP contribution in [0, 0.1) is 12.8 Å². The highest BCUT2D eigenvalue weighted by Crippen LogP contribution is 2.67. The molecule has 5 aliphatic rings. The van der Waals surface area contributed by atoms with Gasteiger partial charge in [-0.2, -0.15) is 0 Å². The number of likely N-dealkylation sites (tertiary alicyclic amines) is 1. The SMILES string of the molecule is Cc1ccc(OC(CCN(CCC[C@]2(O)CC[C@@]3(O)[C@H]4Cc5ccc(O)c6c5[C@@]3(CCN4CC3CC3)[C@H]2O6)COCC[Si](C)(C)C)c2ccccc2)cc1. The normalized spacial score (nSPS) is 29.2. The van der Waals surface area contributed by atoms with Crippen molar-refractivity contribution in [1.29, 1.82) is 0 Å². The number of phenolic OH excluding ortho intramolecular Hbond substituents is 1. The van der Waals surface area contributed by atoms with Crippen molar-refractivity contribution in [2.45, 2.75) is 125 Å². The Hall–Kier alpha value is -2.92. The molecule has 0 amide bonds. The smallest absolute Gasteiger partial charge is 0.165 e. The molecule has 8 rings (SSSR count). The van der Waals surface area contributed by atoms with Crippen LogP contribution in [-0.4, -0.2) is 96.1 Å². The number of aryl methyl sites for hydroxylation is 1. The first-order valence-electron chi connectivity index (χ1n) is 20.7. The van der Waals surface area contributed by atoms with Crippen LogP contribution in [0.1, 0.15) is 79.7 Å². The Morgan fingerprint density at radius 2 is 1.74 bits per heavy atom. The van der Waals surface area contributed by atoms with Crippen molar-refractivity contribution in [3.8, 4) is 17.2 Å². The first-order chi connectivity index (χ1) is 25.9. The van der Waals surface area contributed by atoms with E-state index in [1.165, 1.54) is 18.4 Å². The summed E-state index contributed by atoms with van der Waals surface area (Å²) in [6.45, 7) is 14.0. The van der Waals surface area contributed by atoms with E-state index >= 15 is 0 Å². The minimum absolute atomic E-state index is 0.00557. The lowest BCUT2D eigenvalue weighted by molar-refractivity contribution is -0.237. The Morgan fingerprint density at radius 1 is 0.963 bits per heavy atom. The summed E-state index contributed by atoms with van der Waals surface area (Å²) in [6, 6.07) is 23.6. The highest BCUT2D eigenvalue weighted by molar-refractivity contribution is 6.76. The quantitative estimate of drug-likeness (QED) is 0.0738. The number of aromatic hydroxyl groups is 1. The minimum Gasteiger partial charge on any atom is -0.504 e. The molecule has 3 fully saturated rings. The Morgan fingerprint density at radius 3 is 2.48 bits per heavy atom. The van der Waals surface area contributed by atoms with Gasteiger partial charge >= 0.3 is 0 Å². The van der Waals surface area contributed by atoms with Gasteiger partial charge in [-0.3, -0.25) is 9.80 Å². The lowest BCUT2D eigenvalue weighted by Gasteiger charge is -2.65. The van der Waals surface area contributed by atoms with E-state index in [-0.39, 0.29) is 17.9 Å². The molecule has 2 aliphatic heterocycles. The maximum Gasteiger partial charge on any atom is 0.165 e. The number of benzene rings is 3. The number of phenols is 1. The van der Waals surface area contributed by atoms with Gasteiger partial charge in [0.05, 0.1) is 17.7 Å². The second-order valence-electron chi connectivity index (χ2n) is 18.5. The van der Waals surface area contributed by atoms with E-state index in [2.05, 4.69) is 72.8 Å². The Balaban J connectivity index is 0.994. The van der Waals surface area contributed by atoms with Gasteiger partial charge in [0, 0.05) is 52.3 Å². The number of piperidine rings is 1. The van der Waals surface area contributed by atoms with Gasteiger partial charge in [0.2, 0.25) is 0 Å². The van der Waals surface area contributed by atoms with Crippen molar-refractivity contribution in [2.75, 3.05) is 39.5 Å². The summed E-state index contributed by atoms with van der Waals surface area (Å²) in [6.07, 6.45) is 6.40. The van der Waals surface area contributed by atoms with E-state index in [0.29, 0.717) is 31.7 Å². The van der Waals surface area contributed by atoms with Crippen LogP contribution in [0.5, 0.6) is 17.2 Å². The van der Waals surface area contributed by atoms with Crippen molar-refractivity contribution in [2.24, 2.45) is 5.92 Å². The van der Waals surface area contributed by atoms with Crippen molar-refractivity contribution in [3.63, 3.8) is 0 Å². The van der Waals surface area contributed by atoms with Crippen LogP contribution in [0.4, 0.5) is 0 Å². The molecule has 3 N–H and O–H groups in total. The van der Waals surface area contributed by atoms with Gasteiger partial charge in [-0.05, 0) is 106 Å². The average molecular weight is 755 g/mol. The molecule has 0 radical (unpaired) electrons. The lowest BCUT2D eigenvalue weighted by atomic mass is 9.46. The zero-order valence-electron chi connectivity index (χ0n) is 32.9. The summed E-state index contributed by atoms with van der Waals surface area (Å²) < 4.78 is 19.7. The predicted molar refractivity (Wildman–Crippen MR) is 215 cm³/mol. The van der Waals surface area contributed by atoms with Crippen LogP contribution >= 0.6 is 0 Å². The summed E-state index contributed by atoms with van der Waals surface area (Å²) in [4.78, 5) is 4.92. The molecular formula is C45H62N2O6Si. The molecular weight excluding hydrogens is 693 g/mol. The third-order valence-corrected chi connectivity index (χ3v) is 15.2. The fourth-order valence-electron chi connectivity index (χ4n) is 10.3. The third-order valence-electron chi connectivity index (χ3n) is 13.5. The number of ether oxygens (including phenoxy) is 3. The molecule has 2 heterocycles. The molecule has 3 aliphatic carbocycles. The monoisotopic (exact) mass is 754 g/mol. The number of hydrogen-bond acceptors (Lipinski definition) is 8. The van der Waals surface area contributed by atoms with Gasteiger partial charge in [-0.25, -0.2) is 0 Å². The second-order valence-corrected chi connectivity index (χ2v) is 24.2. The molecule has 1 unspecified atom stereocenters. The molecule has 3 aromatic rings. The van der Waals surface area contributed by atoms with Crippen molar-refractivity contribution < 1.29 is 29.5 Å². The summed E-state index contributed by atoms with van der Waals surface area (Å²) in [7, 11) is -1.24. The molecule has 1 saturated heterocycles. The number of hydrogen-bond donors (Lipinski definition) is 3. The first kappa shape index (κ1) is 38.0. The van der Waals surface area contributed by atoms with Crippen LogP contribution in [0.25, 0.3) is 0 Å². The molecule has 1 spiro atoms. The molecule has 292 valence electrons. The van der Waals surface area contributed by atoms with Crippen LogP contribution in [0.3, 0.4) is 0 Å². The maximum absolute atomic E-state index is 12.9. The highest BCUT2D eigenvalue weighted by atomic mass is 28.3. The summed E-state index contributed by atoms with van der Waals surface area (Å²) in [5, 5.41) is 36.8. The molecule has 54 heavy (non-hydrogen) atoms. The van der Waals surface area contributed by atoms with Gasteiger partial charge in [0.15, 0.2) is 11.5 Å². The van der Waals surface area contributed by atoms with E-state index in [0.717, 1.165) is 92.9 Å². The fraction of sp³-hybridized carbons (Fsp3) is 0.600. The van der Waals surface area contributed by atoms with Crippen molar-refractivity contribution in [3.05, 3.63) is 89.0 Å². The van der Waals surface area contributed by atoms with Gasteiger partial charge in [0.25, 0.3) is 0 Å². The van der Waals surface area contributed by atoms with E-state index in [1.807, 2.05) is 24.3 Å². The molecule has 3 aromatic carbocycles. The van der Waals surface area contributed by atoms with E-state index in [1.54, 1.807) is 6.07 Å². The highest BCUT2D eigenvalue weighted by Gasteiger charge is 2.75. The molecule has 2 bridgehead atoms. The predicted octanol–water partition coefficient (Wildman–Crippen LogP) is 7.60. The van der Waals surface area contributed by atoms with Gasteiger partial charge in [-0.15, -0.1) is 0 Å². The third kappa shape index (κ3) is 7.25. The standard InChI is InChI=1S/C45H62N2O6Si/c1-32-11-16-36(17-12-32)52-38(34-9-6-5-7-10-34)19-25-46(31-51-27-28-54(2,3)4)24-8-20-43(49)21-22-45(50)39-29-35-15-18-37(48)41-40(35)44(45,42(43)53-41)23-26-47(39)30-33-13-14-33/h5-7,9-12,15-18,33,38-39,42,48-50H,8,13-14,19-31H2,1-4H3/t38?,39-,42+,43+,44+,45-/m1/s1. The summed E-state index contributed by atoms with van der Waals surface area (Å²) in [5.74, 6) is 2.20. The van der Waals surface area contributed by atoms with Gasteiger partial charge < -0.3 is 29.5 Å². The Labute approximate surface area is 323 Å². The van der Waals surface area contributed by atoms with Crippen molar-refractivity contribution >= 4 is 8.07 Å². The molecule has 9 heteroatoms. The number of nitrogens with zero attached hydrogens (tertiary/aromatic N) is 2. The average Bonchev–Trinajstić information content (AvgIpc) is 3.89. The molecule has 0 aromatic heterocycles. The molecule has 8 nitrogen and oxygen atoms in total. The number of rotatable bonds is 17. The van der Waals surface area contributed by atoms with E-state index in [4.69, 9.17) is 14.2 Å². The fourth-order valence-corrected chi connectivity index (χ4v) is 11.1. The zero-order valence-corrected chi connectivity index (χ0v) is 33.9.